The third kappa shape index (κ3) is 3.65. The van der Waals surface area contributed by atoms with Gasteiger partial charge in [0.1, 0.15) is 0 Å². The second-order valence-corrected chi connectivity index (χ2v) is 5.95. The maximum Gasteiger partial charge on any atom is 0.416 e. The first-order valence-corrected chi connectivity index (χ1v) is 7.64. The first-order chi connectivity index (χ1) is 11.8. The van der Waals surface area contributed by atoms with Gasteiger partial charge in [0.2, 0.25) is 5.91 Å². The van der Waals surface area contributed by atoms with Gasteiger partial charge in [-0.2, -0.15) is 13.2 Å². The minimum Gasteiger partial charge on any atom is -0.366 e. The SMILES string of the molecule is NC(=O)c1ccc(C(=O)N[C@@H]2C[C@@H]2c2ccccc2C(F)(F)F)cc1. The summed E-state index contributed by atoms with van der Waals surface area (Å²) in [5.74, 6) is -1.35. The predicted molar refractivity (Wildman–Crippen MR) is 85.0 cm³/mol. The summed E-state index contributed by atoms with van der Waals surface area (Å²) in [7, 11) is 0. The van der Waals surface area contributed by atoms with E-state index in [9.17, 15) is 22.8 Å². The van der Waals surface area contributed by atoms with Crippen molar-refractivity contribution in [2.75, 3.05) is 0 Å². The van der Waals surface area contributed by atoms with E-state index in [1.807, 2.05) is 0 Å². The maximum absolute atomic E-state index is 13.1. The Kier molecular flexibility index (Phi) is 4.24. The van der Waals surface area contributed by atoms with Crippen molar-refractivity contribution in [2.45, 2.75) is 24.6 Å². The molecule has 3 N–H and O–H groups in total. The summed E-state index contributed by atoms with van der Waals surface area (Å²) in [5, 5.41) is 2.72. The molecule has 7 heteroatoms. The first kappa shape index (κ1) is 17.0. The van der Waals surface area contributed by atoms with Crippen molar-refractivity contribution >= 4 is 11.8 Å². The Morgan fingerprint density at radius 1 is 1.00 bits per heavy atom. The molecule has 0 spiro atoms. The van der Waals surface area contributed by atoms with Crippen molar-refractivity contribution in [2.24, 2.45) is 5.73 Å². The van der Waals surface area contributed by atoms with Crippen LogP contribution in [0.15, 0.2) is 48.5 Å². The molecule has 0 saturated heterocycles. The molecular formula is C18H15F3N2O2. The molecule has 4 nitrogen and oxygen atoms in total. The van der Waals surface area contributed by atoms with E-state index in [1.165, 1.54) is 36.4 Å². The Hall–Kier alpha value is -2.83. The molecule has 0 aliphatic heterocycles. The molecule has 2 atom stereocenters. The van der Waals surface area contributed by atoms with Crippen LogP contribution in [0.5, 0.6) is 0 Å². The summed E-state index contributed by atoms with van der Waals surface area (Å²) in [5.41, 5.74) is 5.26. The number of primary amides is 1. The topological polar surface area (TPSA) is 72.2 Å². The Balaban J connectivity index is 1.69. The van der Waals surface area contributed by atoms with Gasteiger partial charge in [0.15, 0.2) is 0 Å². The average molecular weight is 348 g/mol. The molecule has 1 saturated carbocycles. The molecule has 0 radical (unpaired) electrons. The van der Waals surface area contributed by atoms with E-state index >= 15 is 0 Å². The van der Waals surface area contributed by atoms with Crippen molar-refractivity contribution in [3.63, 3.8) is 0 Å². The van der Waals surface area contributed by atoms with Crippen LogP contribution in [0.1, 0.15) is 44.2 Å². The van der Waals surface area contributed by atoms with Gasteiger partial charge in [0, 0.05) is 23.1 Å². The van der Waals surface area contributed by atoms with E-state index in [0.717, 1.165) is 6.07 Å². The van der Waals surface area contributed by atoms with Gasteiger partial charge in [-0.1, -0.05) is 18.2 Å². The van der Waals surface area contributed by atoms with Crippen LogP contribution in [-0.4, -0.2) is 17.9 Å². The number of nitrogens with two attached hydrogens (primary N) is 1. The minimum atomic E-state index is -4.42. The highest BCUT2D eigenvalue weighted by atomic mass is 19.4. The summed E-state index contributed by atoms with van der Waals surface area (Å²) in [6, 6.07) is 10.8. The van der Waals surface area contributed by atoms with Gasteiger partial charge in [-0.15, -0.1) is 0 Å². The van der Waals surface area contributed by atoms with Gasteiger partial charge >= 0.3 is 6.18 Å². The van der Waals surface area contributed by atoms with Crippen LogP contribution in [0, 0.1) is 0 Å². The van der Waals surface area contributed by atoms with Gasteiger partial charge in [0.05, 0.1) is 5.56 Å². The van der Waals surface area contributed by atoms with Crippen LogP contribution >= 0.6 is 0 Å². The predicted octanol–water partition coefficient (Wildman–Crippen LogP) is 3.09. The molecule has 25 heavy (non-hydrogen) atoms. The fourth-order valence-corrected chi connectivity index (χ4v) is 2.81. The maximum atomic E-state index is 13.1. The minimum absolute atomic E-state index is 0.198. The lowest BCUT2D eigenvalue weighted by Crippen LogP contribution is -2.27. The van der Waals surface area contributed by atoms with E-state index in [0.29, 0.717) is 12.0 Å². The zero-order valence-electron chi connectivity index (χ0n) is 13.0. The van der Waals surface area contributed by atoms with Crippen LogP contribution in [0.25, 0.3) is 0 Å². The number of alkyl halides is 3. The first-order valence-electron chi connectivity index (χ1n) is 7.64. The molecule has 1 fully saturated rings. The second kappa shape index (κ2) is 6.23. The van der Waals surface area contributed by atoms with Crippen LogP contribution in [0.4, 0.5) is 13.2 Å². The quantitative estimate of drug-likeness (QED) is 0.891. The Morgan fingerprint density at radius 2 is 1.60 bits per heavy atom. The summed E-state index contributed by atoms with van der Waals surface area (Å²) in [4.78, 5) is 23.2. The summed E-state index contributed by atoms with van der Waals surface area (Å²) in [6.07, 6.45) is -3.96. The molecule has 0 unspecified atom stereocenters. The number of hydrogen-bond donors (Lipinski definition) is 2. The highest BCUT2D eigenvalue weighted by molar-refractivity contribution is 5.97. The zero-order chi connectivity index (χ0) is 18.2. The molecule has 2 aromatic rings. The van der Waals surface area contributed by atoms with Crippen LogP contribution in [-0.2, 0) is 6.18 Å². The van der Waals surface area contributed by atoms with E-state index in [4.69, 9.17) is 5.73 Å². The highest BCUT2D eigenvalue weighted by Gasteiger charge is 2.44. The second-order valence-electron chi connectivity index (χ2n) is 5.95. The van der Waals surface area contributed by atoms with E-state index in [-0.39, 0.29) is 23.1 Å². The van der Waals surface area contributed by atoms with Crippen molar-refractivity contribution in [1.29, 1.82) is 0 Å². The molecule has 0 heterocycles. The Morgan fingerprint density at radius 3 is 2.20 bits per heavy atom. The van der Waals surface area contributed by atoms with Crippen LogP contribution in [0.2, 0.25) is 0 Å². The van der Waals surface area contributed by atoms with E-state index in [2.05, 4.69) is 5.32 Å². The van der Waals surface area contributed by atoms with Crippen molar-refractivity contribution in [1.82, 2.24) is 5.32 Å². The van der Waals surface area contributed by atoms with E-state index in [1.54, 1.807) is 6.07 Å². The molecule has 1 aliphatic rings. The number of halogens is 3. The Bertz CT molecular complexity index is 816. The number of rotatable bonds is 4. The van der Waals surface area contributed by atoms with Crippen molar-refractivity contribution < 1.29 is 22.8 Å². The largest absolute Gasteiger partial charge is 0.416 e. The normalized spacial score (nSPS) is 19.3. The third-order valence-corrected chi connectivity index (χ3v) is 4.20. The highest BCUT2D eigenvalue weighted by Crippen LogP contribution is 2.46. The average Bonchev–Trinajstić information content (AvgIpc) is 3.33. The van der Waals surface area contributed by atoms with Gasteiger partial charge in [-0.3, -0.25) is 9.59 Å². The standard InChI is InChI=1S/C18H15F3N2O2/c19-18(20,21)14-4-2-1-3-12(14)13-9-15(13)23-17(25)11-7-5-10(6-8-11)16(22)24/h1-8,13,15H,9H2,(H2,22,24)(H,23,25)/t13-,15-/m1/s1. The van der Waals surface area contributed by atoms with Gasteiger partial charge in [-0.25, -0.2) is 0 Å². The molecular weight excluding hydrogens is 333 g/mol. The van der Waals surface area contributed by atoms with E-state index < -0.39 is 23.6 Å². The zero-order valence-corrected chi connectivity index (χ0v) is 13.0. The summed E-state index contributed by atoms with van der Waals surface area (Å²) < 4.78 is 39.2. The fourth-order valence-electron chi connectivity index (χ4n) is 2.81. The monoisotopic (exact) mass is 348 g/mol. The van der Waals surface area contributed by atoms with Crippen molar-refractivity contribution in [3.05, 3.63) is 70.8 Å². The lowest BCUT2D eigenvalue weighted by molar-refractivity contribution is -0.138. The number of carbonyl (C=O) groups excluding carboxylic acids is 2. The van der Waals surface area contributed by atoms with Gasteiger partial charge in [0.25, 0.3) is 5.91 Å². The molecule has 2 aromatic carbocycles. The number of benzene rings is 2. The third-order valence-electron chi connectivity index (χ3n) is 4.20. The fraction of sp³-hybridized carbons (Fsp3) is 0.222. The molecule has 1 aliphatic carbocycles. The lowest BCUT2D eigenvalue weighted by atomic mass is 10.0. The molecule has 130 valence electrons. The molecule has 0 aromatic heterocycles. The van der Waals surface area contributed by atoms with Gasteiger partial charge in [-0.05, 0) is 42.3 Å². The summed E-state index contributed by atoms with van der Waals surface area (Å²) >= 11 is 0. The number of amides is 2. The molecule has 0 bridgehead atoms. The smallest absolute Gasteiger partial charge is 0.366 e. The summed E-state index contributed by atoms with van der Waals surface area (Å²) in [6.45, 7) is 0. The van der Waals surface area contributed by atoms with Crippen LogP contribution < -0.4 is 11.1 Å². The molecule has 3 rings (SSSR count). The number of hydrogen-bond acceptors (Lipinski definition) is 2. The Labute approximate surface area is 141 Å². The molecule has 2 amide bonds. The van der Waals surface area contributed by atoms with Crippen molar-refractivity contribution in [3.8, 4) is 0 Å². The van der Waals surface area contributed by atoms with Crippen LogP contribution in [0.3, 0.4) is 0 Å². The number of carbonyl (C=O) groups is 2. The van der Waals surface area contributed by atoms with Gasteiger partial charge < -0.3 is 11.1 Å². The number of nitrogens with one attached hydrogen (secondary N) is 1. The lowest BCUT2D eigenvalue weighted by Gasteiger charge is -2.12.